The molecule has 0 radical (unpaired) electrons. The van der Waals surface area contributed by atoms with Crippen LogP contribution in [0.15, 0.2) is 42.5 Å². The van der Waals surface area contributed by atoms with E-state index in [9.17, 15) is 9.18 Å². The van der Waals surface area contributed by atoms with Crippen LogP contribution >= 0.6 is 22.9 Å². The second-order valence-corrected chi connectivity index (χ2v) is 7.52. The molecule has 1 aromatic heterocycles. The number of nitrogens with one attached hydrogen (secondary N) is 1. The Morgan fingerprint density at radius 3 is 2.60 bits per heavy atom. The van der Waals surface area contributed by atoms with E-state index in [4.69, 9.17) is 11.6 Å². The molecule has 3 rings (SSSR count). The Labute approximate surface area is 155 Å². The van der Waals surface area contributed by atoms with Crippen molar-refractivity contribution < 1.29 is 9.18 Å². The van der Waals surface area contributed by atoms with Crippen molar-refractivity contribution in [3.63, 3.8) is 0 Å². The average molecular weight is 377 g/mol. The lowest BCUT2D eigenvalue weighted by molar-refractivity contribution is 0.103. The van der Waals surface area contributed by atoms with Gasteiger partial charge in [0.15, 0.2) is 0 Å². The third-order valence-electron chi connectivity index (χ3n) is 3.86. The van der Waals surface area contributed by atoms with Crippen LogP contribution < -0.4 is 5.32 Å². The van der Waals surface area contributed by atoms with E-state index in [2.05, 4.69) is 10.2 Å². The highest BCUT2D eigenvalue weighted by Crippen LogP contribution is 2.36. The quantitative estimate of drug-likeness (QED) is 0.675. The summed E-state index contributed by atoms with van der Waals surface area (Å²) >= 11 is 7.48. The Bertz CT molecular complexity index is 906. The lowest BCUT2D eigenvalue weighted by Gasteiger charge is -2.10. The number of anilines is 1. The molecule has 2 aromatic carbocycles. The van der Waals surface area contributed by atoms with Crippen LogP contribution in [0.3, 0.4) is 0 Å². The predicted octanol–water partition coefficient (Wildman–Crippen LogP) is 5.05. The third-order valence-corrected chi connectivity index (χ3v) is 5.51. The van der Waals surface area contributed by atoms with Crippen molar-refractivity contribution in [2.45, 2.75) is 6.42 Å². The Kier molecular flexibility index (Phi) is 5.37. The maximum atomic E-state index is 13.3. The van der Waals surface area contributed by atoms with Crippen molar-refractivity contribution >= 4 is 44.6 Å². The number of benzene rings is 2. The number of likely N-dealkylation sites (N-methyl/N-ethyl adjacent to an activating group) is 1. The fourth-order valence-corrected chi connectivity index (χ4v) is 3.92. The van der Waals surface area contributed by atoms with Crippen LogP contribution in [0, 0.1) is 5.82 Å². The minimum Gasteiger partial charge on any atom is -0.321 e. The smallest absolute Gasteiger partial charge is 0.267 e. The number of rotatable bonds is 5. The van der Waals surface area contributed by atoms with Gasteiger partial charge in [-0.3, -0.25) is 4.79 Å². The van der Waals surface area contributed by atoms with Crippen molar-refractivity contribution in [2.75, 3.05) is 26.0 Å². The largest absolute Gasteiger partial charge is 0.321 e. The molecular formula is C19H18ClFN2OS. The van der Waals surface area contributed by atoms with E-state index in [-0.39, 0.29) is 11.7 Å². The van der Waals surface area contributed by atoms with Crippen LogP contribution in [0.1, 0.15) is 15.2 Å². The molecule has 0 saturated carbocycles. The minimum absolute atomic E-state index is 0.285. The molecule has 0 aliphatic heterocycles. The molecule has 0 fully saturated rings. The normalized spacial score (nSPS) is 11.2. The summed E-state index contributed by atoms with van der Waals surface area (Å²) in [7, 11) is 4.07. The molecule has 0 aliphatic carbocycles. The number of halogens is 2. The second kappa shape index (κ2) is 7.52. The number of carbonyl (C=O) groups is 1. The lowest BCUT2D eigenvalue weighted by atomic mass is 10.1. The zero-order valence-corrected chi connectivity index (χ0v) is 15.5. The predicted molar refractivity (Wildman–Crippen MR) is 103 cm³/mol. The number of nitrogens with zero attached hydrogens (tertiary/aromatic N) is 1. The van der Waals surface area contributed by atoms with Crippen LogP contribution in [0.4, 0.5) is 10.1 Å². The Morgan fingerprint density at radius 2 is 1.92 bits per heavy atom. The van der Waals surface area contributed by atoms with E-state index in [0.717, 1.165) is 13.0 Å². The first-order valence-corrected chi connectivity index (χ1v) is 9.06. The second-order valence-electron chi connectivity index (χ2n) is 6.09. The summed E-state index contributed by atoms with van der Waals surface area (Å²) in [6.45, 7) is 0.972. The molecule has 130 valence electrons. The fourth-order valence-electron chi connectivity index (χ4n) is 2.48. The molecule has 25 heavy (non-hydrogen) atoms. The first-order valence-electron chi connectivity index (χ1n) is 7.86. The minimum atomic E-state index is -0.342. The zero-order chi connectivity index (χ0) is 18.0. The van der Waals surface area contributed by atoms with Crippen molar-refractivity contribution in [3.05, 3.63) is 63.7 Å². The summed E-state index contributed by atoms with van der Waals surface area (Å²) in [4.78, 5) is 15.0. The third kappa shape index (κ3) is 4.18. The van der Waals surface area contributed by atoms with Crippen molar-refractivity contribution in [1.82, 2.24) is 4.90 Å². The monoisotopic (exact) mass is 376 g/mol. The van der Waals surface area contributed by atoms with Crippen molar-refractivity contribution in [3.8, 4) is 0 Å². The number of hydrogen-bond acceptors (Lipinski definition) is 3. The Balaban J connectivity index is 1.75. The molecule has 0 atom stereocenters. The molecule has 0 spiro atoms. The SMILES string of the molecule is CN(C)CCc1ccc(NC(=O)c2sc3cc(F)ccc3c2Cl)cc1. The highest BCUT2D eigenvalue weighted by atomic mass is 35.5. The van der Waals surface area contributed by atoms with E-state index < -0.39 is 0 Å². The average Bonchev–Trinajstić information content (AvgIpc) is 2.90. The molecule has 1 N–H and O–H groups in total. The van der Waals surface area contributed by atoms with Gasteiger partial charge in [0.1, 0.15) is 10.7 Å². The molecule has 3 nitrogen and oxygen atoms in total. The van der Waals surface area contributed by atoms with Gasteiger partial charge in [0.25, 0.3) is 5.91 Å². The molecule has 3 aromatic rings. The molecular weight excluding hydrogens is 359 g/mol. The molecule has 6 heteroatoms. The van der Waals surface area contributed by atoms with Crippen LogP contribution in [-0.4, -0.2) is 31.4 Å². The van der Waals surface area contributed by atoms with Crippen LogP contribution in [-0.2, 0) is 6.42 Å². The fraction of sp³-hybridized carbons (Fsp3) is 0.211. The van der Waals surface area contributed by atoms with Crippen LogP contribution in [0.25, 0.3) is 10.1 Å². The number of carbonyl (C=O) groups excluding carboxylic acids is 1. The van der Waals surface area contributed by atoms with Gasteiger partial charge in [-0.05, 0) is 56.4 Å². The van der Waals surface area contributed by atoms with Crippen LogP contribution in [0.2, 0.25) is 5.02 Å². The Hall–Kier alpha value is -1.95. The van der Waals surface area contributed by atoms with Gasteiger partial charge in [-0.2, -0.15) is 0 Å². The number of amides is 1. The zero-order valence-electron chi connectivity index (χ0n) is 14.0. The van der Waals surface area contributed by atoms with E-state index in [0.29, 0.717) is 25.7 Å². The van der Waals surface area contributed by atoms with E-state index >= 15 is 0 Å². The summed E-state index contributed by atoms with van der Waals surface area (Å²) in [5.41, 5.74) is 1.92. The maximum Gasteiger partial charge on any atom is 0.267 e. The van der Waals surface area contributed by atoms with E-state index in [1.165, 1.54) is 29.0 Å². The van der Waals surface area contributed by atoms with E-state index in [1.54, 1.807) is 6.07 Å². The summed E-state index contributed by atoms with van der Waals surface area (Å²) in [6.07, 6.45) is 0.953. The van der Waals surface area contributed by atoms with Gasteiger partial charge in [-0.15, -0.1) is 11.3 Å². The topological polar surface area (TPSA) is 32.3 Å². The number of hydrogen-bond donors (Lipinski definition) is 1. The molecule has 0 bridgehead atoms. The molecule has 1 amide bonds. The highest BCUT2D eigenvalue weighted by Gasteiger charge is 2.17. The maximum absolute atomic E-state index is 13.3. The lowest BCUT2D eigenvalue weighted by Crippen LogP contribution is -2.15. The summed E-state index contributed by atoms with van der Waals surface area (Å²) < 4.78 is 14.0. The van der Waals surface area contributed by atoms with Gasteiger partial charge in [-0.25, -0.2) is 4.39 Å². The highest BCUT2D eigenvalue weighted by molar-refractivity contribution is 7.21. The van der Waals surface area contributed by atoms with Crippen molar-refractivity contribution in [1.29, 1.82) is 0 Å². The van der Waals surface area contributed by atoms with Gasteiger partial charge in [0.05, 0.1) is 5.02 Å². The van der Waals surface area contributed by atoms with Gasteiger partial charge >= 0.3 is 0 Å². The molecule has 0 unspecified atom stereocenters. The van der Waals surface area contributed by atoms with Gasteiger partial charge < -0.3 is 10.2 Å². The summed E-state index contributed by atoms with van der Waals surface area (Å²) in [5, 5.41) is 3.90. The molecule has 0 saturated heterocycles. The van der Waals surface area contributed by atoms with Gasteiger partial charge in [0, 0.05) is 22.3 Å². The van der Waals surface area contributed by atoms with Crippen LogP contribution in [0.5, 0.6) is 0 Å². The Morgan fingerprint density at radius 1 is 1.20 bits per heavy atom. The summed E-state index contributed by atoms with van der Waals surface area (Å²) in [6, 6.07) is 12.1. The summed E-state index contributed by atoms with van der Waals surface area (Å²) in [5.74, 6) is -0.627. The first-order chi connectivity index (χ1) is 11.9. The van der Waals surface area contributed by atoms with E-state index in [1.807, 2.05) is 38.4 Å². The van der Waals surface area contributed by atoms with Crippen molar-refractivity contribution in [2.24, 2.45) is 0 Å². The van der Waals surface area contributed by atoms with Gasteiger partial charge in [-0.1, -0.05) is 23.7 Å². The number of fused-ring (bicyclic) bond motifs is 1. The standard InChI is InChI=1S/C19H18ClFN2OS/c1-23(2)10-9-12-3-6-14(7-4-12)22-19(24)18-17(20)15-8-5-13(21)11-16(15)25-18/h3-8,11H,9-10H2,1-2H3,(H,22,24). The first kappa shape index (κ1) is 17.9. The number of thiophene rings is 1. The molecule has 1 heterocycles. The van der Waals surface area contributed by atoms with Gasteiger partial charge in [0.2, 0.25) is 0 Å². The molecule has 0 aliphatic rings.